The molecule has 1 aliphatic heterocycles. The van der Waals surface area contributed by atoms with Gasteiger partial charge in [-0.25, -0.2) is 0 Å². The quantitative estimate of drug-likeness (QED) is 0.895. The minimum atomic E-state index is 0.239. The van der Waals surface area contributed by atoms with Crippen molar-refractivity contribution in [3.05, 3.63) is 30.2 Å². The van der Waals surface area contributed by atoms with Gasteiger partial charge in [-0.05, 0) is 62.5 Å². The maximum Gasteiger partial charge on any atom is 0.226 e. The normalized spacial score (nSPS) is 16.4. The standard InChI is InChI=1S/C15H19N3O2/c19-13-4-2-12(3-5-13)15-17-14(20-18-15)6-1-11-7-9-16-10-8-11/h2-5,11,16,19H,1,6-10H2. The van der Waals surface area contributed by atoms with Crippen LogP contribution in [0, 0.1) is 5.92 Å². The summed E-state index contributed by atoms with van der Waals surface area (Å²) in [4.78, 5) is 4.42. The molecule has 5 nitrogen and oxygen atoms in total. The van der Waals surface area contributed by atoms with Crippen LogP contribution in [-0.4, -0.2) is 28.3 Å². The maximum absolute atomic E-state index is 9.27. The van der Waals surface area contributed by atoms with E-state index in [-0.39, 0.29) is 5.75 Å². The number of nitrogens with one attached hydrogen (secondary N) is 1. The van der Waals surface area contributed by atoms with Crippen LogP contribution in [0.5, 0.6) is 5.75 Å². The molecule has 0 spiro atoms. The van der Waals surface area contributed by atoms with E-state index in [2.05, 4.69) is 15.5 Å². The first-order valence-electron chi connectivity index (χ1n) is 7.14. The van der Waals surface area contributed by atoms with Crippen molar-refractivity contribution < 1.29 is 9.63 Å². The Balaban J connectivity index is 1.60. The largest absolute Gasteiger partial charge is 0.508 e. The van der Waals surface area contributed by atoms with Gasteiger partial charge in [0, 0.05) is 12.0 Å². The topological polar surface area (TPSA) is 71.2 Å². The number of hydrogen-bond acceptors (Lipinski definition) is 5. The number of phenols is 1. The van der Waals surface area contributed by atoms with E-state index in [9.17, 15) is 5.11 Å². The first kappa shape index (κ1) is 13.1. The summed E-state index contributed by atoms with van der Waals surface area (Å²) in [6, 6.07) is 6.83. The number of phenolic OH excluding ortho intramolecular Hbond substituents is 1. The lowest BCUT2D eigenvalue weighted by atomic mass is 9.93. The van der Waals surface area contributed by atoms with Crippen molar-refractivity contribution in [3.63, 3.8) is 0 Å². The van der Waals surface area contributed by atoms with Crippen molar-refractivity contribution in [2.75, 3.05) is 13.1 Å². The van der Waals surface area contributed by atoms with Crippen LogP contribution in [0.3, 0.4) is 0 Å². The van der Waals surface area contributed by atoms with E-state index in [1.807, 2.05) is 0 Å². The van der Waals surface area contributed by atoms with Gasteiger partial charge in [-0.2, -0.15) is 4.98 Å². The fourth-order valence-electron chi connectivity index (χ4n) is 2.58. The summed E-state index contributed by atoms with van der Waals surface area (Å²) in [5.74, 6) is 2.29. The van der Waals surface area contributed by atoms with Gasteiger partial charge in [0.25, 0.3) is 0 Å². The summed E-state index contributed by atoms with van der Waals surface area (Å²) >= 11 is 0. The number of nitrogens with zero attached hydrogens (tertiary/aromatic N) is 2. The summed E-state index contributed by atoms with van der Waals surface area (Å²) in [6.45, 7) is 2.24. The van der Waals surface area contributed by atoms with Crippen LogP contribution in [0.15, 0.2) is 28.8 Å². The molecule has 1 aliphatic rings. The minimum absolute atomic E-state index is 0.239. The van der Waals surface area contributed by atoms with Crippen molar-refractivity contribution in [3.8, 4) is 17.1 Å². The van der Waals surface area contributed by atoms with Crippen LogP contribution in [0.25, 0.3) is 11.4 Å². The third-order valence-electron chi connectivity index (χ3n) is 3.82. The van der Waals surface area contributed by atoms with E-state index in [0.717, 1.165) is 37.4 Å². The molecule has 3 rings (SSSR count). The highest BCUT2D eigenvalue weighted by molar-refractivity contribution is 5.55. The maximum atomic E-state index is 9.27. The molecule has 1 fully saturated rings. The Morgan fingerprint density at radius 3 is 2.70 bits per heavy atom. The van der Waals surface area contributed by atoms with Crippen molar-refractivity contribution in [1.82, 2.24) is 15.5 Å². The van der Waals surface area contributed by atoms with Crippen LogP contribution in [0.1, 0.15) is 25.2 Å². The highest BCUT2D eigenvalue weighted by atomic mass is 16.5. The molecule has 0 atom stereocenters. The molecule has 0 unspecified atom stereocenters. The number of hydrogen-bond donors (Lipinski definition) is 2. The van der Waals surface area contributed by atoms with Gasteiger partial charge in [0.1, 0.15) is 5.75 Å². The molecule has 106 valence electrons. The highest BCUT2D eigenvalue weighted by Gasteiger charge is 2.15. The van der Waals surface area contributed by atoms with E-state index in [4.69, 9.17) is 4.52 Å². The van der Waals surface area contributed by atoms with Gasteiger partial charge in [-0.15, -0.1) is 0 Å². The molecule has 0 aliphatic carbocycles. The van der Waals surface area contributed by atoms with Crippen LogP contribution in [0.2, 0.25) is 0 Å². The van der Waals surface area contributed by atoms with E-state index in [1.54, 1.807) is 24.3 Å². The third kappa shape index (κ3) is 3.17. The molecular formula is C15H19N3O2. The number of aryl methyl sites for hydroxylation is 1. The second-order valence-corrected chi connectivity index (χ2v) is 5.29. The Kier molecular flexibility index (Phi) is 3.97. The van der Waals surface area contributed by atoms with E-state index < -0.39 is 0 Å². The summed E-state index contributed by atoms with van der Waals surface area (Å²) in [6.07, 6.45) is 4.42. The lowest BCUT2D eigenvalue weighted by Crippen LogP contribution is -2.27. The zero-order chi connectivity index (χ0) is 13.8. The second-order valence-electron chi connectivity index (χ2n) is 5.29. The Morgan fingerprint density at radius 2 is 1.95 bits per heavy atom. The highest BCUT2D eigenvalue weighted by Crippen LogP contribution is 2.21. The minimum Gasteiger partial charge on any atom is -0.508 e. The number of benzene rings is 1. The molecule has 0 saturated carbocycles. The molecule has 0 radical (unpaired) electrons. The Labute approximate surface area is 118 Å². The monoisotopic (exact) mass is 273 g/mol. The predicted octanol–water partition coefficient (Wildman–Crippen LogP) is 2.37. The van der Waals surface area contributed by atoms with Gasteiger partial charge in [-0.3, -0.25) is 0 Å². The van der Waals surface area contributed by atoms with Crippen molar-refractivity contribution >= 4 is 0 Å². The Bertz CT molecular complexity index is 545. The second kappa shape index (κ2) is 6.05. The molecule has 0 amide bonds. The van der Waals surface area contributed by atoms with Crippen molar-refractivity contribution in [2.45, 2.75) is 25.7 Å². The van der Waals surface area contributed by atoms with Crippen LogP contribution in [-0.2, 0) is 6.42 Å². The van der Waals surface area contributed by atoms with Gasteiger partial charge in [0.2, 0.25) is 11.7 Å². The molecule has 0 bridgehead atoms. The van der Waals surface area contributed by atoms with Crippen LogP contribution >= 0.6 is 0 Å². The average Bonchev–Trinajstić information content (AvgIpc) is 2.96. The van der Waals surface area contributed by atoms with Crippen LogP contribution < -0.4 is 5.32 Å². The fourth-order valence-corrected chi connectivity index (χ4v) is 2.58. The number of rotatable bonds is 4. The molecule has 2 heterocycles. The zero-order valence-corrected chi connectivity index (χ0v) is 11.4. The van der Waals surface area contributed by atoms with Crippen LogP contribution in [0.4, 0.5) is 0 Å². The van der Waals surface area contributed by atoms with E-state index in [1.165, 1.54) is 12.8 Å². The van der Waals surface area contributed by atoms with Gasteiger partial charge in [-0.1, -0.05) is 5.16 Å². The third-order valence-corrected chi connectivity index (χ3v) is 3.82. The summed E-state index contributed by atoms with van der Waals surface area (Å²) in [5.41, 5.74) is 0.861. The van der Waals surface area contributed by atoms with E-state index in [0.29, 0.717) is 11.7 Å². The zero-order valence-electron chi connectivity index (χ0n) is 11.4. The van der Waals surface area contributed by atoms with Gasteiger partial charge >= 0.3 is 0 Å². The van der Waals surface area contributed by atoms with Gasteiger partial charge < -0.3 is 14.9 Å². The number of aromatic hydroxyl groups is 1. The molecule has 2 N–H and O–H groups in total. The Morgan fingerprint density at radius 1 is 1.20 bits per heavy atom. The first-order valence-corrected chi connectivity index (χ1v) is 7.14. The molecule has 20 heavy (non-hydrogen) atoms. The molecule has 1 aromatic carbocycles. The summed E-state index contributed by atoms with van der Waals surface area (Å²) in [7, 11) is 0. The van der Waals surface area contributed by atoms with E-state index >= 15 is 0 Å². The summed E-state index contributed by atoms with van der Waals surface area (Å²) < 4.78 is 5.30. The van der Waals surface area contributed by atoms with Crippen molar-refractivity contribution in [2.24, 2.45) is 5.92 Å². The van der Waals surface area contributed by atoms with Gasteiger partial charge in [0.05, 0.1) is 0 Å². The number of piperidine rings is 1. The molecular weight excluding hydrogens is 254 g/mol. The average molecular weight is 273 g/mol. The molecule has 1 saturated heterocycles. The Hall–Kier alpha value is -1.88. The predicted molar refractivity (Wildman–Crippen MR) is 75.3 cm³/mol. The number of aromatic nitrogens is 2. The van der Waals surface area contributed by atoms with Gasteiger partial charge in [0.15, 0.2) is 0 Å². The SMILES string of the molecule is Oc1ccc(-c2noc(CCC3CCNCC3)n2)cc1. The molecule has 5 heteroatoms. The molecule has 1 aromatic heterocycles. The lowest BCUT2D eigenvalue weighted by Gasteiger charge is -2.21. The van der Waals surface area contributed by atoms with Crippen molar-refractivity contribution in [1.29, 1.82) is 0 Å². The smallest absolute Gasteiger partial charge is 0.226 e. The first-order chi connectivity index (χ1) is 9.81. The lowest BCUT2D eigenvalue weighted by molar-refractivity contribution is 0.324. The summed E-state index contributed by atoms with van der Waals surface area (Å²) in [5, 5.41) is 16.6. The fraction of sp³-hybridized carbons (Fsp3) is 0.467. The molecule has 2 aromatic rings.